The molecule has 2 nitrogen and oxygen atoms in total. The number of halogens is 2. The van der Waals surface area contributed by atoms with E-state index in [9.17, 15) is 0 Å². The Labute approximate surface area is 89.8 Å². The van der Waals surface area contributed by atoms with E-state index in [0.717, 1.165) is 19.4 Å². The molecule has 0 aromatic rings. The lowest BCUT2D eigenvalue weighted by atomic mass is 10.0. The van der Waals surface area contributed by atoms with Crippen LogP contribution in [0.15, 0.2) is 0 Å². The molecule has 0 spiro atoms. The Morgan fingerprint density at radius 3 is 2.10 bits per heavy atom. The zero-order valence-corrected chi connectivity index (χ0v) is 10.4. The second-order valence-corrected chi connectivity index (χ2v) is 7.99. The van der Waals surface area contributed by atoms with E-state index in [-0.39, 0.29) is 1.55 Å². The highest BCUT2D eigenvalue weighted by Crippen LogP contribution is 2.33. The number of hydrogen-bond donors (Lipinski definition) is 2. The lowest BCUT2D eigenvalue weighted by Gasteiger charge is -2.25. The van der Waals surface area contributed by atoms with Gasteiger partial charge in [-0.15, -0.1) is 0 Å². The first-order valence-electron chi connectivity index (χ1n) is 3.39. The third kappa shape index (κ3) is 4.30. The van der Waals surface area contributed by atoms with Crippen molar-refractivity contribution in [3.8, 4) is 0 Å². The van der Waals surface area contributed by atoms with Gasteiger partial charge in [0.1, 0.15) is 1.55 Å². The molecule has 1 unspecified atom stereocenters. The molecule has 0 fully saturated rings. The minimum absolute atomic E-state index is 0.121. The minimum atomic E-state index is -0.121. The van der Waals surface area contributed by atoms with E-state index in [1.165, 1.54) is 0 Å². The summed E-state index contributed by atoms with van der Waals surface area (Å²) in [4.78, 5) is 0. The Kier molecular flexibility index (Phi) is 5.81. The molecular formula is C6H14I2N2. The van der Waals surface area contributed by atoms with Gasteiger partial charge in [0.2, 0.25) is 0 Å². The molecule has 4 N–H and O–H groups in total. The highest BCUT2D eigenvalue weighted by molar-refractivity contribution is 14.2. The summed E-state index contributed by atoms with van der Waals surface area (Å²) in [6.07, 6.45) is 2.14. The normalized spacial score (nSPS) is 15.3. The van der Waals surface area contributed by atoms with Gasteiger partial charge in [-0.1, -0.05) is 6.92 Å². The van der Waals surface area contributed by atoms with Crippen molar-refractivity contribution >= 4 is 45.2 Å². The quantitative estimate of drug-likeness (QED) is 0.452. The summed E-state index contributed by atoms with van der Waals surface area (Å²) in [5.74, 6) is 0.540. The molecule has 0 aromatic heterocycles. The van der Waals surface area contributed by atoms with Gasteiger partial charge in [-0.2, -0.15) is 0 Å². The average molecular weight is 368 g/mol. The Balaban J connectivity index is 3.81. The molecule has 62 valence electrons. The molecule has 0 aliphatic rings. The fraction of sp³-hybridized carbons (Fsp3) is 1.00. The van der Waals surface area contributed by atoms with E-state index in [4.69, 9.17) is 11.5 Å². The van der Waals surface area contributed by atoms with Crippen LogP contribution in [-0.2, 0) is 0 Å². The first kappa shape index (κ1) is 11.4. The van der Waals surface area contributed by atoms with Gasteiger partial charge in [0, 0.05) is 0 Å². The zero-order chi connectivity index (χ0) is 8.20. The first-order valence-corrected chi connectivity index (χ1v) is 5.54. The van der Waals surface area contributed by atoms with Crippen LogP contribution in [0.1, 0.15) is 19.8 Å². The molecule has 0 aliphatic carbocycles. The molecule has 0 aliphatic heterocycles. The van der Waals surface area contributed by atoms with Crippen LogP contribution in [-0.4, -0.2) is 8.10 Å². The lowest BCUT2D eigenvalue weighted by Crippen LogP contribution is -2.34. The topological polar surface area (TPSA) is 52.0 Å². The van der Waals surface area contributed by atoms with Crippen molar-refractivity contribution in [2.75, 3.05) is 6.54 Å². The summed E-state index contributed by atoms with van der Waals surface area (Å²) in [5, 5.41) is 0. The number of alkyl halides is 2. The number of nitrogens with two attached hydrogens (primary N) is 2. The van der Waals surface area contributed by atoms with Crippen molar-refractivity contribution < 1.29 is 0 Å². The maximum Gasteiger partial charge on any atom is 0.123 e. The summed E-state index contributed by atoms with van der Waals surface area (Å²) in [6, 6.07) is 0. The van der Waals surface area contributed by atoms with Crippen LogP contribution in [0.4, 0.5) is 0 Å². The highest BCUT2D eigenvalue weighted by Gasteiger charge is 2.26. The monoisotopic (exact) mass is 368 g/mol. The van der Waals surface area contributed by atoms with Crippen LogP contribution < -0.4 is 11.5 Å². The van der Waals surface area contributed by atoms with Crippen LogP contribution in [0.3, 0.4) is 0 Å². The lowest BCUT2D eigenvalue weighted by molar-refractivity contribution is 0.465. The maximum absolute atomic E-state index is 5.89. The van der Waals surface area contributed by atoms with E-state index in [1.54, 1.807) is 0 Å². The number of rotatable bonds is 4. The fourth-order valence-corrected chi connectivity index (χ4v) is 2.37. The molecular weight excluding hydrogens is 354 g/mol. The molecule has 0 bridgehead atoms. The largest absolute Gasteiger partial charge is 0.330 e. The summed E-state index contributed by atoms with van der Waals surface area (Å²) >= 11 is 4.54. The van der Waals surface area contributed by atoms with E-state index in [0.29, 0.717) is 5.92 Å². The van der Waals surface area contributed by atoms with Gasteiger partial charge >= 0.3 is 0 Å². The molecule has 0 radical (unpaired) electrons. The second kappa shape index (κ2) is 5.10. The SMILES string of the molecule is CCC(CCN)C(N)(I)I. The average Bonchev–Trinajstić information content (AvgIpc) is 1.80. The maximum atomic E-state index is 5.89. The van der Waals surface area contributed by atoms with Crippen LogP contribution in [0.2, 0.25) is 0 Å². The third-order valence-corrected chi connectivity index (χ3v) is 3.31. The second-order valence-electron chi connectivity index (χ2n) is 2.36. The Hall–Kier alpha value is 1.38. The van der Waals surface area contributed by atoms with E-state index >= 15 is 0 Å². The Bertz CT molecular complexity index is 90.2. The van der Waals surface area contributed by atoms with Gasteiger partial charge in [0.15, 0.2) is 0 Å². The van der Waals surface area contributed by atoms with E-state index in [2.05, 4.69) is 52.1 Å². The number of hydrogen-bond acceptors (Lipinski definition) is 2. The molecule has 0 heterocycles. The van der Waals surface area contributed by atoms with Gasteiger partial charge in [-0.05, 0) is 70.5 Å². The predicted molar refractivity (Wildman–Crippen MR) is 62.4 cm³/mol. The van der Waals surface area contributed by atoms with Crippen molar-refractivity contribution in [2.45, 2.75) is 21.3 Å². The summed E-state index contributed by atoms with van der Waals surface area (Å²) in [7, 11) is 0. The molecule has 0 amide bonds. The van der Waals surface area contributed by atoms with Crippen LogP contribution in [0, 0.1) is 5.92 Å². The van der Waals surface area contributed by atoms with E-state index < -0.39 is 0 Å². The summed E-state index contributed by atoms with van der Waals surface area (Å²) in [5.41, 5.74) is 11.3. The zero-order valence-electron chi connectivity index (χ0n) is 6.11. The minimum Gasteiger partial charge on any atom is -0.330 e. The van der Waals surface area contributed by atoms with Gasteiger partial charge < -0.3 is 11.5 Å². The van der Waals surface area contributed by atoms with Crippen molar-refractivity contribution in [3.05, 3.63) is 0 Å². The van der Waals surface area contributed by atoms with Crippen LogP contribution in [0.5, 0.6) is 0 Å². The molecule has 0 saturated carbocycles. The standard InChI is InChI=1S/C6H14I2N2/c1-2-5(3-4-9)6(7,8)10/h5H,2-4,9-10H2,1H3. The van der Waals surface area contributed by atoms with Gasteiger partial charge in [0.05, 0.1) is 0 Å². The highest BCUT2D eigenvalue weighted by atomic mass is 127. The Morgan fingerprint density at radius 1 is 1.50 bits per heavy atom. The summed E-state index contributed by atoms with van der Waals surface area (Å²) < 4.78 is -0.121. The molecule has 1 atom stereocenters. The molecule has 0 rings (SSSR count). The van der Waals surface area contributed by atoms with Gasteiger partial charge in [-0.25, -0.2) is 0 Å². The van der Waals surface area contributed by atoms with Gasteiger partial charge in [0.25, 0.3) is 0 Å². The first-order chi connectivity index (χ1) is 4.52. The molecule has 0 aromatic carbocycles. The van der Waals surface area contributed by atoms with Crippen molar-refractivity contribution in [1.29, 1.82) is 0 Å². The smallest absolute Gasteiger partial charge is 0.123 e. The molecule has 10 heavy (non-hydrogen) atoms. The fourth-order valence-electron chi connectivity index (χ4n) is 0.870. The van der Waals surface area contributed by atoms with Gasteiger partial charge in [-0.3, -0.25) is 0 Å². The molecule has 4 heteroatoms. The van der Waals surface area contributed by atoms with Crippen molar-refractivity contribution in [1.82, 2.24) is 0 Å². The Morgan fingerprint density at radius 2 is 2.00 bits per heavy atom. The van der Waals surface area contributed by atoms with Crippen LogP contribution >= 0.6 is 45.2 Å². The van der Waals surface area contributed by atoms with E-state index in [1.807, 2.05) is 0 Å². The van der Waals surface area contributed by atoms with Crippen molar-refractivity contribution in [3.63, 3.8) is 0 Å². The molecule has 0 saturated heterocycles. The van der Waals surface area contributed by atoms with Crippen molar-refractivity contribution in [2.24, 2.45) is 17.4 Å². The predicted octanol–water partition coefficient (Wildman–Crippen LogP) is 1.84. The summed E-state index contributed by atoms with van der Waals surface area (Å²) in [6.45, 7) is 2.89. The third-order valence-electron chi connectivity index (χ3n) is 1.55. The van der Waals surface area contributed by atoms with Crippen LogP contribution in [0.25, 0.3) is 0 Å².